The number of allylic oxidation sites excluding steroid dienone is 1. The highest BCUT2D eigenvalue weighted by Crippen LogP contribution is 2.26. The van der Waals surface area contributed by atoms with Crippen LogP contribution in [-0.4, -0.2) is 23.0 Å². The van der Waals surface area contributed by atoms with Crippen molar-refractivity contribution in [2.24, 2.45) is 7.05 Å². The molecule has 23 heavy (non-hydrogen) atoms. The van der Waals surface area contributed by atoms with Gasteiger partial charge in [-0.1, -0.05) is 49.1 Å². The maximum atomic E-state index is 10.6. The van der Waals surface area contributed by atoms with E-state index >= 15 is 0 Å². The third-order valence-corrected chi connectivity index (χ3v) is 6.20. The summed E-state index contributed by atoms with van der Waals surface area (Å²) in [7, 11) is 0.390. The van der Waals surface area contributed by atoms with Crippen LogP contribution < -0.4 is 5.19 Å². The zero-order chi connectivity index (χ0) is 17.4. The van der Waals surface area contributed by atoms with Crippen LogP contribution in [0.25, 0.3) is 11.3 Å². The normalized spacial score (nSPS) is 12.7. The zero-order valence-electron chi connectivity index (χ0n) is 14.6. The van der Waals surface area contributed by atoms with Crippen molar-refractivity contribution in [1.29, 1.82) is 5.26 Å². The number of aliphatic hydroxyl groups is 1. The molecule has 5 heteroatoms. The van der Waals surface area contributed by atoms with Crippen molar-refractivity contribution in [2.45, 2.75) is 33.5 Å². The maximum Gasteiger partial charge on any atom is 0.159 e. The Hall–Kier alpha value is -2.32. The van der Waals surface area contributed by atoms with E-state index in [1.165, 1.54) is 5.19 Å². The predicted molar refractivity (Wildman–Crippen MR) is 97.2 cm³/mol. The van der Waals surface area contributed by atoms with Gasteiger partial charge >= 0.3 is 0 Å². The van der Waals surface area contributed by atoms with Gasteiger partial charge in [0.15, 0.2) is 5.76 Å². The molecule has 0 atom stereocenters. The van der Waals surface area contributed by atoms with Crippen molar-refractivity contribution in [3.8, 4) is 6.07 Å². The SMILES string of the molecule is Cc1nn(C)c(C(O)=C(C#N)c2ccc([Si](C)(C)C)cc2)c1C. The Balaban J connectivity index is 2.57. The molecule has 0 aliphatic carbocycles. The first kappa shape index (κ1) is 17.0. The van der Waals surface area contributed by atoms with Crippen molar-refractivity contribution in [3.63, 3.8) is 0 Å². The lowest BCUT2D eigenvalue weighted by molar-refractivity contribution is 0.502. The quantitative estimate of drug-likeness (QED) is 0.533. The van der Waals surface area contributed by atoms with Gasteiger partial charge in [-0.3, -0.25) is 4.68 Å². The van der Waals surface area contributed by atoms with E-state index in [0.717, 1.165) is 16.8 Å². The molecule has 2 aromatic rings. The number of aliphatic hydroxyl groups excluding tert-OH is 1. The van der Waals surface area contributed by atoms with E-state index in [1.807, 2.05) is 26.0 Å². The highest BCUT2D eigenvalue weighted by Gasteiger charge is 2.20. The summed E-state index contributed by atoms with van der Waals surface area (Å²) < 4.78 is 1.62. The summed E-state index contributed by atoms with van der Waals surface area (Å²) in [6.45, 7) is 10.6. The Morgan fingerprint density at radius 1 is 1.17 bits per heavy atom. The van der Waals surface area contributed by atoms with Gasteiger partial charge in [-0.2, -0.15) is 10.4 Å². The molecule has 0 amide bonds. The van der Waals surface area contributed by atoms with Gasteiger partial charge in [0.05, 0.1) is 13.8 Å². The molecular formula is C18H23N3OSi. The minimum Gasteiger partial charge on any atom is -0.504 e. The number of nitriles is 1. The molecule has 0 saturated heterocycles. The predicted octanol–water partition coefficient (Wildman–Crippen LogP) is 3.53. The standard InChI is InChI=1S/C18H23N3OSi/c1-12-13(2)20-21(3)17(12)18(22)16(11-19)14-7-9-15(10-8-14)23(4,5)6/h7-10,22H,1-6H3. The number of benzene rings is 1. The van der Waals surface area contributed by atoms with Gasteiger partial charge in [0, 0.05) is 12.6 Å². The van der Waals surface area contributed by atoms with Gasteiger partial charge in [-0.15, -0.1) is 0 Å². The number of aryl methyl sites for hydroxylation is 2. The lowest BCUT2D eigenvalue weighted by Gasteiger charge is -2.16. The smallest absolute Gasteiger partial charge is 0.159 e. The monoisotopic (exact) mass is 325 g/mol. The molecule has 0 aliphatic rings. The zero-order valence-corrected chi connectivity index (χ0v) is 15.6. The Morgan fingerprint density at radius 3 is 2.13 bits per heavy atom. The van der Waals surface area contributed by atoms with Crippen LogP contribution in [0.2, 0.25) is 19.6 Å². The highest BCUT2D eigenvalue weighted by molar-refractivity contribution is 6.88. The van der Waals surface area contributed by atoms with E-state index in [-0.39, 0.29) is 11.3 Å². The Labute approximate surface area is 138 Å². The molecule has 0 radical (unpaired) electrons. The summed E-state index contributed by atoms with van der Waals surface area (Å²) in [6.07, 6.45) is 0. The number of rotatable bonds is 3. The van der Waals surface area contributed by atoms with Crippen LogP contribution >= 0.6 is 0 Å². The average Bonchev–Trinajstić information content (AvgIpc) is 2.72. The molecule has 1 N–H and O–H groups in total. The van der Waals surface area contributed by atoms with Crippen LogP contribution in [0.3, 0.4) is 0 Å². The van der Waals surface area contributed by atoms with E-state index < -0.39 is 8.07 Å². The van der Waals surface area contributed by atoms with E-state index in [1.54, 1.807) is 11.7 Å². The Morgan fingerprint density at radius 2 is 1.74 bits per heavy atom. The van der Waals surface area contributed by atoms with Crippen molar-refractivity contribution in [2.75, 3.05) is 0 Å². The minimum absolute atomic E-state index is 0.0196. The lowest BCUT2D eigenvalue weighted by Crippen LogP contribution is -2.37. The molecule has 1 heterocycles. The molecule has 1 aromatic carbocycles. The summed E-state index contributed by atoms with van der Waals surface area (Å²) in [5, 5.41) is 25.8. The van der Waals surface area contributed by atoms with Crippen LogP contribution in [0.5, 0.6) is 0 Å². The van der Waals surface area contributed by atoms with E-state index in [2.05, 4.69) is 42.9 Å². The number of hydrogen-bond acceptors (Lipinski definition) is 3. The second-order valence-corrected chi connectivity index (χ2v) is 11.9. The second kappa shape index (κ2) is 6.05. The summed E-state index contributed by atoms with van der Waals surface area (Å²) >= 11 is 0. The fourth-order valence-electron chi connectivity index (χ4n) is 2.60. The van der Waals surface area contributed by atoms with Crippen molar-refractivity contribution < 1.29 is 5.11 Å². The maximum absolute atomic E-state index is 10.6. The lowest BCUT2D eigenvalue weighted by atomic mass is 10.0. The minimum atomic E-state index is -1.38. The molecule has 0 bridgehead atoms. The van der Waals surface area contributed by atoms with Crippen molar-refractivity contribution in [1.82, 2.24) is 9.78 Å². The van der Waals surface area contributed by atoms with Crippen molar-refractivity contribution in [3.05, 3.63) is 46.8 Å². The Kier molecular flexibility index (Phi) is 4.48. The molecule has 2 rings (SSSR count). The topological polar surface area (TPSA) is 61.8 Å². The second-order valence-electron chi connectivity index (χ2n) is 6.85. The van der Waals surface area contributed by atoms with Gasteiger partial charge < -0.3 is 5.11 Å². The van der Waals surface area contributed by atoms with Gasteiger partial charge in [0.2, 0.25) is 0 Å². The summed E-state index contributed by atoms with van der Waals surface area (Å²) in [4.78, 5) is 0. The van der Waals surface area contributed by atoms with E-state index in [0.29, 0.717) is 5.69 Å². The van der Waals surface area contributed by atoms with E-state index in [9.17, 15) is 10.4 Å². The molecule has 1 aromatic heterocycles. The first-order valence-electron chi connectivity index (χ1n) is 7.61. The molecular weight excluding hydrogens is 302 g/mol. The van der Waals surface area contributed by atoms with Crippen LogP contribution in [0.4, 0.5) is 0 Å². The summed E-state index contributed by atoms with van der Waals surface area (Å²) in [5.74, 6) is -0.0196. The summed E-state index contributed by atoms with van der Waals surface area (Å²) in [6, 6.07) is 10.1. The van der Waals surface area contributed by atoms with Gasteiger partial charge in [-0.05, 0) is 19.4 Å². The molecule has 0 spiro atoms. The summed E-state index contributed by atoms with van der Waals surface area (Å²) in [5.41, 5.74) is 3.33. The van der Waals surface area contributed by atoms with Crippen LogP contribution in [0, 0.1) is 25.2 Å². The van der Waals surface area contributed by atoms with Gasteiger partial charge in [0.25, 0.3) is 0 Å². The highest BCUT2D eigenvalue weighted by atomic mass is 28.3. The first-order chi connectivity index (χ1) is 10.7. The molecule has 0 saturated carbocycles. The van der Waals surface area contributed by atoms with E-state index in [4.69, 9.17) is 0 Å². The van der Waals surface area contributed by atoms with Crippen LogP contribution in [0.1, 0.15) is 22.5 Å². The Bertz CT molecular complexity index is 803. The van der Waals surface area contributed by atoms with Gasteiger partial charge in [-0.25, -0.2) is 0 Å². The van der Waals surface area contributed by atoms with Crippen LogP contribution in [0.15, 0.2) is 24.3 Å². The molecule has 4 nitrogen and oxygen atoms in total. The number of aromatic nitrogens is 2. The number of nitrogens with zero attached hydrogens (tertiary/aromatic N) is 3. The number of hydrogen-bond donors (Lipinski definition) is 1. The third kappa shape index (κ3) is 3.22. The molecule has 0 unspecified atom stereocenters. The molecule has 120 valence electrons. The van der Waals surface area contributed by atoms with Crippen molar-refractivity contribution >= 4 is 24.6 Å². The largest absolute Gasteiger partial charge is 0.504 e. The fourth-order valence-corrected chi connectivity index (χ4v) is 3.77. The van der Waals surface area contributed by atoms with Crippen LogP contribution in [-0.2, 0) is 7.05 Å². The first-order valence-corrected chi connectivity index (χ1v) is 11.1. The third-order valence-electron chi connectivity index (χ3n) is 4.13. The van der Waals surface area contributed by atoms with Gasteiger partial charge in [0.1, 0.15) is 17.3 Å². The fraction of sp³-hybridized carbons (Fsp3) is 0.333. The average molecular weight is 325 g/mol. The molecule has 0 fully saturated rings. The molecule has 0 aliphatic heterocycles.